The van der Waals surface area contributed by atoms with Crippen molar-refractivity contribution in [1.82, 2.24) is 4.57 Å². The van der Waals surface area contributed by atoms with Crippen LogP contribution in [0.3, 0.4) is 0 Å². The van der Waals surface area contributed by atoms with Gasteiger partial charge in [0.1, 0.15) is 11.8 Å². The molecule has 1 aliphatic heterocycles. The smallest absolute Gasteiger partial charge is 0.338 e. The van der Waals surface area contributed by atoms with E-state index in [2.05, 4.69) is 13.8 Å². The average Bonchev–Trinajstić information content (AvgIpc) is 3.30. The summed E-state index contributed by atoms with van der Waals surface area (Å²) in [7, 11) is 0. The minimum atomic E-state index is -0.771. The van der Waals surface area contributed by atoms with Crippen molar-refractivity contribution < 1.29 is 14.3 Å². The van der Waals surface area contributed by atoms with Gasteiger partial charge in [0.2, 0.25) is 0 Å². The highest BCUT2D eigenvalue weighted by molar-refractivity contribution is 7.07. The Morgan fingerprint density at radius 1 is 1.14 bits per heavy atom. The number of hydrogen-bond donors (Lipinski definition) is 0. The molecule has 0 saturated carbocycles. The first-order valence-electron chi connectivity index (χ1n) is 13.5. The maximum atomic E-state index is 14.1. The van der Waals surface area contributed by atoms with Gasteiger partial charge in [-0.2, -0.15) is 5.26 Å². The molecule has 1 atom stereocenters. The third-order valence-corrected chi connectivity index (χ3v) is 8.06. The van der Waals surface area contributed by atoms with Crippen LogP contribution in [0.25, 0.3) is 11.8 Å². The van der Waals surface area contributed by atoms with Gasteiger partial charge in [-0.05, 0) is 48.2 Å². The number of aromatic nitrogens is 1. The van der Waals surface area contributed by atoms with E-state index in [4.69, 9.17) is 31.3 Å². The lowest BCUT2D eigenvalue weighted by atomic mass is 9.91. The quantitative estimate of drug-likeness (QED) is 0.246. The summed E-state index contributed by atoms with van der Waals surface area (Å²) in [5, 5.41) is 9.47. The predicted molar refractivity (Wildman–Crippen MR) is 164 cm³/mol. The predicted octanol–water partition coefficient (Wildman–Crippen LogP) is 5.61. The van der Waals surface area contributed by atoms with E-state index in [0.29, 0.717) is 42.9 Å². The van der Waals surface area contributed by atoms with Crippen molar-refractivity contribution in [3.63, 3.8) is 0 Å². The maximum Gasteiger partial charge on any atom is 0.338 e. The summed E-state index contributed by atoms with van der Waals surface area (Å²) < 4.78 is 13.0. The highest BCUT2D eigenvalue weighted by Crippen LogP contribution is 2.35. The van der Waals surface area contributed by atoms with Crippen LogP contribution in [-0.4, -0.2) is 23.8 Å². The standard InChI is InChI=1S/C33H28ClN3O4S/c1-4-40-32(39)28-29(22-8-6-5-7-9-22)36-33-37(30(28)23-12-10-21(11-13-23)20(2)3)31(38)27(42-33)19-24-18-25(34)14-15-26(24)41-17-16-35/h5-15,18-20,30H,4,17H2,1-3H3/b27-19-/t30-/m1/s1. The summed E-state index contributed by atoms with van der Waals surface area (Å²) in [4.78, 5) is 33.1. The number of hydrogen-bond acceptors (Lipinski definition) is 7. The Hall–Kier alpha value is -4.45. The van der Waals surface area contributed by atoms with Gasteiger partial charge in [-0.1, -0.05) is 91.4 Å². The second-order valence-electron chi connectivity index (χ2n) is 9.88. The molecule has 0 bridgehead atoms. The van der Waals surface area contributed by atoms with Crippen LogP contribution in [0.1, 0.15) is 55.0 Å². The number of rotatable bonds is 8. The molecule has 1 aromatic heterocycles. The molecule has 1 aliphatic rings. The van der Waals surface area contributed by atoms with E-state index in [-0.39, 0.29) is 18.8 Å². The fourth-order valence-corrected chi connectivity index (χ4v) is 6.01. The number of nitrogens with zero attached hydrogens (tertiary/aromatic N) is 3. The Bertz CT molecular complexity index is 1880. The van der Waals surface area contributed by atoms with Crippen LogP contribution in [0.4, 0.5) is 0 Å². The summed E-state index contributed by atoms with van der Waals surface area (Å²) in [6.07, 6.45) is 1.68. The molecule has 212 valence electrons. The molecule has 5 rings (SSSR count). The van der Waals surface area contributed by atoms with E-state index >= 15 is 0 Å². The van der Waals surface area contributed by atoms with Crippen LogP contribution >= 0.6 is 22.9 Å². The zero-order chi connectivity index (χ0) is 29.8. The van der Waals surface area contributed by atoms with Gasteiger partial charge in [-0.15, -0.1) is 0 Å². The molecule has 2 heterocycles. The third kappa shape index (κ3) is 5.80. The fourth-order valence-electron chi connectivity index (χ4n) is 4.83. The Labute approximate surface area is 252 Å². The molecule has 0 spiro atoms. The second kappa shape index (κ2) is 12.6. The minimum absolute atomic E-state index is 0.153. The van der Waals surface area contributed by atoms with Crippen LogP contribution in [0.15, 0.2) is 88.2 Å². The van der Waals surface area contributed by atoms with Crippen LogP contribution in [0.5, 0.6) is 5.75 Å². The molecule has 0 unspecified atom stereocenters. The number of nitriles is 1. The largest absolute Gasteiger partial charge is 0.478 e. The monoisotopic (exact) mass is 597 g/mol. The van der Waals surface area contributed by atoms with Gasteiger partial charge in [0, 0.05) is 16.1 Å². The summed E-state index contributed by atoms with van der Waals surface area (Å²) in [6, 6.07) is 23.5. The number of ether oxygens (including phenoxy) is 2. The van der Waals surface area contributed by atoms with Crippen LogP contribution in [-0.2, 0) is 9.53 Å². The molecule has 0 N–H and O–H groups in total. The number of halogens is 1. The minimum Gasteiger partial charge on any atom is -0.478 e. The highest BCUT2D eigenvalue weighted by Gasteiger charge is 2.35. The topological polar surface area (TPSA) is 93.7 Å². The zero-order valence-corrected chi connectivity index (χ0v) is 24.9. The number of thiazole rings is 1. The van der Waals surface area contributed by atoms with E-state index in [9.17, 15) is 9.59 Å². The summed E-state index contributed by atoms with van der Waals surface area (Å²) in [6.45, 7) is 5.99. The van der Waals surface area contributed by atoms with Gasteiger partial charge in [0.25, 0.3) is 5.56 Å². The molecule has 0 fully saturated rings. The molecule has 7 nitrogen and oxygen atoms in total. The Morgan fingerprint density at radius 3 is 2.55 bits per heavy atom. The van der Waals surface area contributed by atoms with E-state index in [1.807, 2.05) is 60.7 Å². The SMILES string of the molecule is CCOC(=O)C1=C(c2ccccc2)N=c2s/c(=C\c3cc(Cl)ccc3OCC#N)c(=O)n2[C@@H]1c1ccc(C(C)C)cc1. The van der Waals surface area contributed by atoms with Crippen molar-refractivity contribution in [3.8, 4) is 11.8 Å². The van der Waals surface area contributed by atoms with E-state index in [1.165, 1.54) is 11.3 Å². The summed E-state index contributed by atoms with van der Waals surface area (Å²) in [5.41, 5.74) is 3.62. The van der Waals surface area contributed by atoms with E-state index < -0.39 is 12.0 Å². The van der Waals surface area contributed by atoms with Crippen molar-refractivity contribution in [2.45, 2.75) is 32.7 Å². The van der Waals surface area contributed by atoms with Crippen LogP contribution in [0, 0.1) is 11.3 Å². The highest BCUT2D eigenvalue weighted by atomic mass is 35.5. The third-order valence-electron chi connectivity index (χ3n) is 6.84. The number of fused-ring (bicyclic) bond motifs is 1. The Balaban J connectivity index is 1.80. The van der Waals surface area contributed by atoms with Crippen molar-refractivity contribution in [1.29, 1.82) is 5.26 Å². The molecule has 0 saturated heterocycles. The first-order chi connectivity index (χ1) is 20.3. The molecule has 42 heavy (non-hydrogen) atoms. The summed E-state index contributed by atoms with van der Waals surface area (Å²) >= 11 is 7.48. The van der Waals surface area contributed by atoms with Crippen LogP contribution < -0.4 is 19.6 Å². The van der Waals surface area contributed by atoms with Gasteiger partial charge in [-0.3, -0.25) is 9.36 Å². The number of carbonyl (C=O) groups excluding carboxylic acids is 1. The second-order valence-corrected chi connectivity index (χ2v) is 11.3. The van der Waals surface area contributed by atoms with Gasteiger partial charge < -0.3 is 9.47 Å². The van der Waals surface area contributed by atoms with Gasteiger partial charge >= 0.3 is 5.97 Å². The molecule has 4 aromatic rings. The Kier molecular flexibility index (Phi) is 8.72. The first kappa shape index (κ1) is 29.1. The fraction of sp³-hybridized carbons (Fsp3) is 0.212. The lowest BCUT2D eigenvalue weighted by Crippen LogP contribution is -2.40. The molecule has 3 aromatic carbocycles. The maximum absolute atomic E-state index is 14.1. The molecule has 9 heteroatoms. The van der Waals surface area contributed by atoms with Gasteiger partial charge in [0.15, 0.2) is 11.4 Å². The van der Waals surface area contributed by atoms with Crippen molar-refractivity contribution >= 4 is 40.7 Å². The lowest BCUT2D eigenvalue weighted by molar-refractivity contribution is -0.138. The molecule has 0 radical (unpaired) electrons. The molecular formula is C33H28ClN3O4S. The van der Waals surface area contributed by atoms with E-state index in [0.717, 1.165) is 16.7 Å². The van der Waals surface area contributed by atoms with Gasteiger partial charge in [0.05, 0.1) is 28.5 Å². The summed E-state index contributed by atoms with van der Waals surface area (Å²) in [5.74, 6) is 0.204. The van der Waals surface area contributed by atoms with Crippen molar-refractivity contribution in [3.05, 3.63) is 125 Å². The average molecular weight is 598 g/mol. The molecule has 0 aliphatic carbocycles. The van der Waals surface area contributed by atoms with Crippen LogP contribution in [0.2, 0.25) is 5.02 Å². The number of carbonyl (C=O) groups is 1. The lowest BCUT2D eigenvalue weighted by Gasteiger charge is -2.26. The Morgan fingerprint density at radius 2 is 1.88 bits per heavy atom. The first-order valence-corrected chi connectivity index (χ1v) is 14.7. The van der Waals surface area contributed by atoms with Crippen molar-refractivity contribution in [2.24, 2.45) is 4.99 Å². The number of esters is 1. The van der Waals surface area contributed by atoms with Gasteiger partial charge in [-0.25, -0.2) is 9.79 Å². The number of benzene rings is 3. The zero-order valence-electron chi connectivity index (χ0n) is 23.3. The molecular weight excluding hydrogens is 570 g/mol. The van der Waals surface area contributed by atoms with Crippen molar-refractivity contribution in [2.75, 3.05) is 13.2 Å². The molecule has 0 amide bonds. The normalized spacial score (nSPS) is 14.8. The van der Waals surface area contributed by atoms with E-state index in [1.54, 1.807) is 35.8 Å².